The van der Waals surface area contributed by atoms with Gasteiger partial charge in [0.2, 0.25) is 0 Å². The highest BCUT2D eigenvalue weighted by Gasteiger charge is 2.22. The van der Waals surface area contributed by atoms with Gasteiger partial charge in [0.25, 0.3) is 0 Å². The average molecular weight is 346 g/mol. The molecule has 0 saturated carbocycles. The molecule has 4 nitrogen and oxygen atoms in total. The van der Waals surface area contributed by atoms with Crippen LogP contribution in [0.15, 0.2) is 36.4 Å². The van der Waals surface area contributed by atoms with Gasteiger partial charge in [0.1, 0.15) is 17.4 Å². The van der Waals surface area contributed by atoms with Crippen LogP contribution in [0.25, 0.3) is 0 Å². The summed E-state index contributed by atoms with van der Waals surface area (Å²) in [4.78, 5) is 4.52. The second-order valence-electron chi connectivity index (χ2n) is 6.40. The first kappa shape index (κ1) is 16.3. The summed E-state index contributed by atoms with van der Waals surface area (Å²) in [6.07, 6.45) is 0. The van der Waals surface area contributed by atoms with Crippen LogP contribution in [-0.2, 0) is 17.9 Å². The van der Waals surface area contributed by atoms with Gasteiger partial charge in [-0.3, -0.25) is 4.90 Å². The maximum Gasteiger partial charge on any atom is 0.189 e. The lowest BCUT2D eigenvalue weighted by atomic mass is 10.1. The normalized spacial score (nSPS) is 17.9. The van der Waals surface area contributed by atoms with Crippen molar-refractivity contribution in [1.29, 1.82) is 0 Å². The first-order valence-electron chi connectivity index (χ1n) is 8.44. The number of halogens is 2. The van der Waals surface area contributed by atoms with Crippen LogP contribution >= 0.6 is 0 Å². The molecular weight excluding hydrogens is 326 g/mol. The van der Waals surface area contributed by atoms with Crippen molar-refractivity contribution in [2.75, 3.05) is 37.9 Å². The third kappa shape index (κ3) is 3.60. The van der Waals surface area contributed by atoms with Gasteiger partial charge < -0.3 is 14.4 Å². The number of hydrogen-bond donors (Lipinski definition) is 0. The molecule has 0 aromatic heterocycles. The van der Waals surface area contributed by atoms with Gasteiger partial charge in [0.15, 0.2) is 6.79 Å². The molecule has 0 radical (unpaired) electrons. The minimum Gasteiger partial charge on any atom is -0.467 e. The molecule has 2 aromatic carbocycles. The van der Waals surface area contributed by atoms with Crippen LogP contribution in [0.2, 0.25) is 0 Å². The van der Waals surface area contributed by atoms with E-state index in [1.807, 2.05) is 12.1 Å². The van der Waals surface area contributed by atoms with Crippen LogP contribution in [0.1, 0.15) is 11.1 Å². The van der Waals surface area contributed by atoms with Crippen molar-refractivity contribution in [3.63, 3.8) is 0 Å². The van der Waals surface area contributed by atoms with Crippen molar-refractivity contribution in [2.24, 2.45) is 0 Å². The predicted octanol–water partition coefficient (Wildman–Crippen LogP) is 3.15. The van der Waals surface area contributed by atoms with E-state index in [1.54, 1.807) is 6.07 Å². The second kappa shape index (κ2) is 6.98. The molecule has 0 bridgehead atoms. The molecule has 0 N–H and O–H groups in total. The van der Waals surface area contributed by atoms with E-state index < -0.39 is 0 Å². The molecule has 0 unspecified atom stereocenters. The molecule has 2 aliphatic heterocycles. The summed E-state index contributed by atoms with van der Waals surface area (Å²) in [7, 11) is 0. The van der Waals surface area contributed by atoms with E-state index in [2.05, 4.69) is 9.80 Å². The zero-order chi connectivity index (χ0) is 17.2. The van der Waals surface area contributed by atoms with Gasteiger partial charge in [-0.2, -0.15) is 0 Å². The number of fused-ring (bicyclic) bond motifs is 1. The van der Waals surface area contributed by atoms with Crippen LogP contribution in [0.3, 0.4) is 0 Å². The highest BCUT2D eigenvalue weighted by Crippen LogP contribution is 2.30. The van der Waals surface area contributed by atoms with Crippen LogP contribution in [0.4, 0.5) is 14.5 Å². The Labute approximate surface area is 145 Å². The molecule has 0 amide bonds. The quantitative estimate of drug-likeness (QED) is 0.852. The van der Waals surface area contributed by atoms with E-state index >= 15 is 0 Å². The van der Waals surface area contributed by atoms with Crippen molar-refractivity contribution >= 4 is 5.69 Å². The first-order chi connectivity index (χ1) is 12.2. The molecule has 4 rings (SSSR count). The van der Waals surface area contributed by atoms with Gasteiger partial charge in [0.05, 0.1) is 6.61 Å². The Balaban J connectivity index is 1.42. The fourth-order valence-electron chi connectivity index (χ4n) is 3.43. The lowest BCUT2D eigenvalue weighted by molar-refractivity contribution is -0.0177. The monoisotopic (exact) mass is 346 g/mol. The van der Waals surface area contributed by atoms with E-state index in [1.165, 1.54) is 18.2 Å². The van der Waals surface area contributed by atoms with E-state index in [9.17, 15) is 8.78 Å². The van der Waals surface area contributed by atoms with E-state index in [0.717, 1.165) is 48.7 Å². The van der Waals surface area contributed by atoms with Crippen LogP contribution in [-0.4, -0.2) is 37.9 Å². The highest BCUT2D eigenvalue weighted by atomic mass is 19.1. The average Bonchev–Trinajstić information content (AvgIpc) is 2.63. The lowest BCUT2D eigenvalue weighted by Gasteiger charge is -2.36. The molecular formula is C19H20F2N2O2. The zero-order valence-corrected chi connectivity index (χ0v) is 13.9. The topological polar surface area (TPSA) is 24.9 Å². The maximum atomic E-state index is 13.9. The summed E-state index contributed by atoms with van der Waals surface area (Å²) >= 11 is 0. The number of rotatable bonds is 3. The van der Waals surface area contributed by atoms with Crippen LogP contribution < -0.4 is 9.64 Å². The molecule has 2 aromatic rings. The summed E-state index contributed by atoms with van der Waals surface area (Å²) in [5.74, 6) is 0.281. The minimum absolute atomic E-state index is 0.212. The molecule has 1 saturated heterocycles. The summed E-state index contributed by atoms with van der Waals surface area (Å²) in [5.41, 5.74) is 2.67. The predicted molar refractivity (Wildman–Crippen MR) is 90.6 cm³/mol. The largest absolute Gasteiger partial charge is 0.467 e. The summed E-state index contributed by atoms with van der Waals surface area (Å²) in [6, 6.07) is 9.62. The Hall–Kier alpha value is -2.18. The highest BCUT2D eigenvalue weighted by molar-refractivity contribution is 5.47. The van der Waals surface area contributed by atoms with Crippen molar-refractivity contribution in [3.05, 3.63) is 59.2 Å². The van der Waals surface area contributed by atoms with Crippen molar-refractivity contribution in [3.8, 4) is 5.75 Å². The standard InChI is InChI=1S/C19H20F2N2O2/c20-16-1-3-18(4-2-16)23-7-5-22(6-8-23)11-14-9-17(21)10-15-12-24-13-25-19(14)15/h1-4,9-10H,5-8,11-13H2. The Morgan fingerprint density at radius 3 is 2.44 bits per heavy atom. The van der Waals surface area contributed by atoms with Crippen molar-refractivity contribution in [2.45, 2.75) is 13.2 Å². The molecule has 132 valence electrons. The second-order valence-corrected chi connectivity index (χ2v) is 6.40. The fourth-order valence-corrected chi connectivity index (χ4v) is 3.43. The van der Waals surface area contributed by atoms with Gasteiger partial charge in [-0.05, 0) is 36.4 Å². The van der Waals surface area contributed by atoms with Gasteiger partial charge in [-0.1, -0.05) is 0 Å². The molecule has 0 atom stereocenters. The van der Waals surface area contributed by atoms with E-state index in [4.69, 9.17) is 9.47 Å². The van der Waals surface area contributed by atoms with Crippen LogP contribution in [0.5, 0.6) is 5.75 Å². The zero-order valence-electron chi connectivity index (χ0n) is 13.9. The van der Waals surface area contributed by atoms with Gasteiger partial charge in [-0.15, -0.1) is 0 Å². The third-order valence-corrected chi connectivity index (χ3v) is 4.71. The number of anilines is 1. The molecule has 25 heavy (non-hydrogen) atoms. The summed E-state index contributed by atoms with van der Waals surface area (Å²) < 4.78 is 37.7. The maximum absolute atomic E-state index is 13.9. The van der Waals surface area contributed by atoms with Crippen LogP contribution in [0, 0.1) is 11.6 Å². The Morgan fingerprint density at radius 1 is 0.920 bits per heavy atom. The van der Waals surface area contributed by atoms with Gasteiger partial charge in [0, 0.05) is 49.5 Å². The summed E-state index contributed by atoms with van der Waals surface area (Å²) in [5, 5.41) is 0. The van der Waals surface area contributed by atoms with E-state index in [0.29, 0.717) is 13.2 Å². The van der Waals surface area contributed by atoms with E-state index in [-0.39, 0.29) is 18.4 Å². The number of benzene rings is 2. The Bertz CT molecular complexity index is 744. The molecule has 6 heteroatoms. The number of piperazine rings is 1. The molecule has 2 aliphatic rings. The lowest BCUT2D eigenvalue weighted by Crippen LogP contribution is -2.46. The molecule has 0 spiro atoms. The molecule has 1 fully saturated rings. The molecule has 2 heterocycles. The Kier molecular flexibility index (Phi) is 4.55. The third-order valence-electron chi connectivity index (χ3n) is 4.71. The minimum atomic E-state index is -0.257. The van der Waals surface area contributed by atoms with Crippen molar-refractivity contribution in [1.82, 2.24) is 4.90 Å². The number of ether oxygens (including phenoxy) is 2. The summed E-state index contributed by atoms with van der Waals surface area (Å²) in [6.45, 7) is 4.68. The number of hydrogen-bond acceptors (Lipinski definition) is 4. The SMILES string of the molecule is Fc1ccc(N2CCN(Cc3cc(F)cc4c3OCOC4)CC2)cc1. The first-order valence-corrected chi connectivity index (χ1v) is 8.44. The van der Waals surface area contributed by atoms with Crippen molar-refractivity contribution < 1.29 is 18.3 Å². The Morgan fingerprint density at radius 2 is 1.68 bits per heavy atom. The fraction of sp³-hybridized carbons (Fsp3) is 0.368. The number of nitrogens with zero attached hydrogens (tertiary/aromatic N) is 2. The van der Waals surface area contributed by atoms with Gasteiger partial charge >= 0.3 is 0 Å². The van der Waals surface area contributed by atoms with Gasteiger partial charge in [-0.25, -0.2) is 8.78 Å². The molecule has 0 aliphatic carbocycles. The smallest absolute Gasteiger partial charge is 0.189 e.